The summed E-state index contributed by atoms with van der Waals surface area (Å²) in [5, 5.41) is 7.09. The maximum atomic E-state index is 11.8. The Kier molecular flexibility index (Phi) is 5.04. The van der Waals surface area contributed by atoms with Gasteiger partial charge in [0.2, 0.25) is 0 Å². The zero-order chi connectivity index (χ0) is 16.1. The molecule has 3 N–H and O–H groups in total. The second-order valence-corrected chi connectivity index (χ2v) is 5.25. The van der Waals surface area contributed by atoms with Crippen LogP contribution in [0.1, 0.15) is 17.0 Å². The van der Waals surface area contributed by atoms with Gasteiger partial charge in [0, 0.05) is 19.3 Å². The molecule has 1 amide bonds. The van der Waals surface area contributed by atoms with Crippen molar-refractivity contribution in [3.05, 3.63) is 41.2 Å². The van der Waals surface area contributed by atoms with Crippen LogP contribution >= 0.6 is 0 Å². The van der Waals surface area contributed by atoms with Crippen molar-refractivity contribution in [2.75, 3.05) is 18.9 Å². The quantitative estimate of drug-likeness (QED) is 0.789. The smallest absolute Gasteiger partial charge is 0.257 e. The van der Waals surface area contributed by atoms with Crippen molar-refractivity contribution in [2.24, 2.45) is 7.05 Å². The van der Waals surface area contributed by atoms with E-state index < -0.39 is 0 Å². The number of hydrogen-bond acceptors (Lipinski definition) is 4. The van der Waals surface area contributed by atoms with Gasteiger partial charge < -0.3 is 15.8 Å². The lowest BCUT2D eigenvalue weighted by Gasteiger charge is -2.08. The highest BCUT2D eigenvalue weighted by atomic mass is 16.5. The van der Waals surface area contributed by atoms with E-state index in [0.29, 0.717) is 12.3 Å². The highest BCUT2D eigenvalue weighted by Gasteiger charge is 2.12. The lowest BCUT2D eigenvalue weighted by molar-refractivity contribution is -0.123. The third-order valence-corrected chi connectivity index (χ3v) is 3.51. The van der Waals surface area contributed by atoms with E-state index in [1.54, 1.807) is 4.68 Å². The van der Waals surface area contributed by atoms with Crippen LogP contribution in [-0.2, 0) is 18.3 Å². The normalized spacial score (nSPS) is 10.5. The van der Waals surface area contributed by atoms with E-state index in [9.17, 15) is 4.79 Å². The van der Waals surface area contributed by atoms with Gasteiger partial charge in [-0.05, 0) is 38.0 Å². The summed E-state index contributed by atoms with van der Waals surface area (Å²) in [6.45, 7) is 4.34. The second-order valence-electron chi connectivity index (χ2n) is 5.25. The van der Waals surface area contributed by atoms with Crippen molar-refractivity contribution >= 4 is 11.6 Å². The van der Waals surface area contributed by atoms with Crippen LogP contribution in [-0.4, -0.2) is 28.8 Å². The van der Waals surface area contributed by atoms with Gasteiger partial charge in [-0.15, -0.1) is 0 Å². The molecule has 1 heterocycles. The van der Waals surface area contributed by atoms with Gasteiger partial charge in [-0.25, -0.2) is 0 Å². The monoisotopic (exact) mass is 302 g/mol. The molecule has 0 bridgehead atoms. The SMILES string of the molecule is Cc1nn(C)c(C)c1OCC(=O)NCCc1ccc(N)cc1. The van der Waals surface area contributed by atoms with Gasteiger partial charge in [0.05, 0.1) is 5.69 Å². The van der Waals surface area contributed by atoms with Crippen LogP contribution in [0.2, 0.25) is 0 Å². The fourth-order valence-electron chi connectivity index (χ4n) is 2.18. The molecule has 6 nitrogen and oxygen atoms in total. The summed E-state index contributed by atoms with van der Waals surface area (Å²) in [5.41, 5.74) is 9.20. The summed E-state index contributed by atoms with van der Waals surface area (Å²) in [7, 11) is 1.85. The van der Waals surface area contributed by atoms with Gasteiger partial charge in [-0.3, -0.25) is 9.48 Å². The molecule has 0 saturated heterocycles. The lowest BCUT2D eigenvalue weighted by atomic mass is 10.1. The third-order valence-electron chi connectivity index (χ3n) is 3.51. The Bertz CT molecular complexity index is 647. The summed E-state index contributed by atoms with van der Waals surface area (Å²) < 4.78 is 7.30. The largest absolute Gasteiger partial charge is 0.480 e. The highest BCUT2D eigenvalue weighted by molar-refractivity contribution is 5.77. The van der Waals surface area contributed by atoms with Crippen molar-refractivity contribution in [1.29, 1.82) is 0 Å². The van der Waals surface area contributed by atoms with Crippen LogP contribution < -0.4 is 15.8 Å². The molecule has 0 spiro atoms. The fourth-order valence-corrected chi connectivity index (χ4v) is 2.18. The first-order valence-corrected chi connectivity index (χ1v) is 7.21. The van der Waals surface area contributed by atoms with Crippen LogP contribution in [0.15, 0.2) is 24.3 Å². The van der Waals surface area contributed by atoms with Gasteiger partial charge in [0.15, 0.2) is 12.4 Å². The zero-order valence-electron chi connectivity index (χ0n) is 13.2. The topological polar surface area (TPSA) is 82.2 Å². The molecule has 1 aromatic heterocycles. The molecule has 22 heavy (non-hydrogen) atoms. The Hall–Kier alpha value is -2.50. The number of aromatic nitrogens is 2. The Morgan fingerprint density at radius 3 is 2.59 bits per heavy atom. The summed E-state index contributed by atoms with van der Waals surface area (Å²) in [6.07, 6.45) is 0.761. The predicted molar refractivity (Wildman–Crippen MR) is 85.7 cm³/mol. The number of carbonyl (C=O) groups excluding carboxylic acids is 1. The number of amides is 1. The van der Waals surface area contributed by atoms with Crippen molar-refractivity contribution in [3.63, 3.8) is 0 Å². The molecule has 1 aromatic carbocycles. The van der Waals surface area contributed by atoms with Crippen molar-refractivity contribution < 1.29 is 9.53 Å². The average Bonchev–Trinajstić information content (AvgIpc) is 2.72. The number of nitrogens with zero attached hydrogens (tertiary/aromatic N) is 2. The Morgan fingerprint density at radius 2 is 2.00 bits per heavy atom. The van der Waals surface area contributed by atoms with Crippen LogP contribution in [0.4, 0.5) is 5.69 Å². The van der Waals surface area contributed by atoms with Crippen LogP contribution in [0.5, 0.6) is 5.75 Å². The minimum Gasteiger partial charge on any atom is -0.480 e. The summed E-state index contributed by atoms with van der Waals surface area (Å²) >= 11 is 0. The molecule has 118 valence electrons. The Morgan fingerprint density at radius 1 is 1.32 bits per heavy atom. The van der Waals surface area contributed by atoms with Gasteiger partial charge >= 0.3 is 0 Å². The molecule has 0 aliphatic rings. The zero-order valence-corrected chi connectivity index (χ0v) is 13.2. The number of benzene rings is 1. The lowest BCUT2D eigenvalue weighted by Crippen LogP contribution is -2.30. The molecular weight excluding hydrogens is 280 g/mol. The Labute approximate surface area is 130 Å². The van der Waals surface area contributed by atoms with E-state index in [1.165, 1.54) is 0 Å². The molecule has 0 fully saturated rings. The van der Waals surface area contributed by atoms with Gasteiger partial charge in [0.1, 0.15) is 5.69 Å². The number of anilines is 1. The van der Waals surface area contributed by atoms with E-state index in [0.717, 1.165) is 29.1 Å². The third kappa shape index (κ3) is 4.00. The number of rotatable bonds is 6. The van der Waals surface area contributed by atoms with E-state index in [-0.39, 0.29) is 12.5 Å². The molecule has 0 saturated carbocycles. The van der Waals surface area contributed by atoms with Gasteiger partial charge in [-0.2, -0.15) is 5.10 Å². The van der Waals surface area contributed by atoms with E-state index in [1.807, 2.05) is 45.2 Å². The molecule has 6 heteroatoms. The number of carbonyl (C=O) groups is 1. The first-order chi connectivity index (χ1) is 10.5. The molecule has 2 aromatic rings. The summed E-state index contributed by atoms with van der Waals surface area (Å²) in [4.78, 5) is 11.8. The number of hydrogen-bond donors (Lipinski definition) is 2. The van der Waals surface area contributed by atoms with Gasteiger partial charge in [-0.1, -0.05) is 12.1 Å². The molecule has 0 aliphatic carbocycles. The number of ether oxygens (including phenoxy) is 1. The summed E-state index contributed by atoms with van der Waals surface area (Å²) in [5.74, 6) is 0.536. The van der Waals surface area contributed by atoms with Crippen molar-refractivity contribution in [3.8, 4) is 5.75 Å². The fraction of sp³-hybridized carbons (Fsp3) is 0.375. The standard InChI is InChI=1S/C16H22N4O2/c1-11-16(12(2)20(3)19-11)22-10-15(21)18-9-8-13-4-6-14(17)7-5-13/h4-7H,8-10,17H2,1-3H3,(H,18,21). The number of aryl methyl sites for hydroxylation is 2. The number of nitrogens with two attached hydrogens (primary N) is 1. The number of nitrogen functional groups attached to an aromatic ring is 1. The molecule has 0 aliphatic heterocycles. The Balaban J connectivity index is 1.75. The van der Waals surface area contributed by atoms with Gasteiger partial charge in [0.25, 0.3) is 5.91 Å². The number of nitrogens with one attached hydrogen (secondary N) is 1. The second kappa shape index (κ2) is 6.98. The molecule has 2 rings (SSSR count). The predicted octanol–water partition coefficient (Wildman–Crippen LogP) is 1.36. The first kappa shape index (κ1) is 15.9. The van der Waals surface area contributed by atoms with Crippen LogP contribution in [0.3, 0.4) is 0 Å². The van der Waals surface area contributed by atoms with Crippen LogP contribution in [0.25, 0.3) is 0 Å². The molecule has 0 radical (unpaired) electrons. The minimum absolute atomic E-state index is 0.00485. The first-order valence-electron chi connectivity index (χ1n) is 7.21. The van der Waals surface area contributed by atoms with E-state index in [4.69, 9.17) is 10.5 Å². The maximum Gasteiger partial charge on any atom is 0.257 e. The molecule has 0 unspecified atom stereocenters. The minimum atomic E-state index is -0.141. The maximum absolute atomic E-state index is 11.8. The van der Waals surface area contributed by atoms with Crippen molar-refractivity contribution in [1.82, 2.24) is 15.1 Å². The molecule has 0 atom stereocenters. The van der Waals surface area contributed by atoms with E-state index in [2.05, 4.69) is 10.4 Å². The average molecular weight is 302 g/mol. The molecular formula is C16H22N4O2. The van der Waals surface area contributed by atoms with Crippen LogP contribution in [0, 0.1) is 13.8 Å². The van der Waals surface area contributed by atoms with Crippen molar-refractivity contribution in [2.45, 2.75) is 20.3 Å². The summed E-state index contributed by atoms with van der Waals surface area (Å²) in [6, 6.07) is 7.63. The van der Waals surface area contributed by atoms with E-state index >= 15 is 0 Å². The highest BCUT2D eigenvalue weighted by Crippen LogP contribution is 2.20.